The lowest BCUT2D eigenvalue weighted by Gasteiger charge is -2.26. The van der Waals surface area contributed by atoms with Gasteiger partial charge < -0.3 is 15.3 Å². The molecular formula is C15H16ClF3N2O3S. The van der Waals surface area contributed by atoms with Gasteiger partial charge in [-0.2, -0.15) is 13.2 Å². The predicted octanol–water partition coefficient (Wildman–Crippen LogP) is 3.68. The molecule has 3 rings (SSSR count). The van der Waals surface area contributed by atoms with Crippen LogP contribution < -0.4 is 5.32 Å². The third kappa shape index (κ3) is 3.72. The number of carbonyl (C=O) groups is 2. The number of urea groups is 1. The first-order valence-electron chi connectivity index (χ1n) is 7.80. The van der Waals surface area contributed by atoms with Crippen LogP contribution in [0, 0.1) is 11.8 Å². The first kappa shape index (κ1) is 18.3. The van der Waals surface area contributed by atoms with Crippen LogP contribution >= 0.6 is 22.9 Å². The van der Waals surface area contributed by atoms with Crippen molar-refractivity contribution < 1.29 is 27.9 Å². The Hall–Kier alpha value is -1.48. The summed E-state index contributed by atoms with van der Waals surface area (Å²) in [4.78, 5) is 25.5. The first-order chi connectivity index (χ1) is 11.7. The minimum atomic E-state index is -4.66. The van der Waals surface area contributed by atoms with Crippen LogP contribution in [-0.2, 0) is 11.2 Å². The number of carboxylic acid groups (broad SMARTS) is 1. The summed E-state index contributed by atoms with van der Waals surface area (Å²) in [7, 11) is 0. The second kappa shape index (κ2) is 6.68. The molecule has 138 valence electrons. The van der Waals surface area contributed by atoms with E-state index in [2.05, 4.69) is 5.32 Å². The number of fused-ring (bicyclic) bond motifs is 1. The minimum Gasteiger partial charge on any atom is -0.481 e. The number of hydrogen-bond donors (Lipinski definition) is 2. The number of alkyl halides is 3. The summed E-state index contributed by atoms with van der Waals surface area (Å²) in [6.07, 6.45) is -2.28. The zero-order valence-electron chi connectivity index (χ0n) is 13.0. The maximum Gasteiger partial charge on any atom is 0.394 e. The van der Waals surface area contributed by atoms with E-state index in [1.807, 2.05) is 0 Å². The predicted molar refractivity (Wildman–Crippen MR) is 85.8 cm³/mol. The Bertz CT molecular complexity index is 694. The van der Waals surface area contributed by atoms with Gasteiger partial charge in [0.25, 0.3) is 0 Å². The van der Waals surface area contributed by atoms with Crippen molar-refractivity contribution in [3.05, 3.63) is 20.8 Å². The molecule has 0 bridgehead atoms. The number of rotatable bonds is 2. The van der Waals surface area contributed by atoms with Crippen LogP contribution in [0.1, 0.15) is 29.3 Å². The lowest BCUT2D eigenvalue weighted by atomic mass is 9.94. The normalized spacial score (nSPS) is 26.4. The molecule has 0 aromatic carbocycles. The molecule has 2 N–H and O–H groups in total. The topological polar surface area (TPSA) is 69.6 Å². The number of halogens is 4. The maximum atomic E-state index is 13.0. The van der Waals surface area contributed by atoms with Crippen molar-refractivity contribution in [3.8, 4) is 0 Å². The van der Waals surface area contributed by atoms with Crippen LogP contribution in [0.25, 0.3) is 0 Å². The highest BCUT2D eigenvalue weighted by atomic mass is 35.5. The summed E-state index contributed by atoms with van der Waals surface area (Å²) >= 11 is 7.44. The molecule has 1 unspecified atom stereocenters. The van der Waals surface area contributed by atoms with Crippen molar-refractivity contribution in [1.29, 1.82) is 0 Å². The molecule has 25 heavy (non-hydrogen) atoms. The molecule has 5 nitrogen and oxygen atoms in total. The molecule has 1 fully saturated rings. The van der Waals surface area contributed by atoms with Crippen LogP contribution in [-0.4, -0.2) is 41.3 Å². The number of thiophene rings is 1. The van der Waals surface area contributed by atoms with E-state index in [1.165, 1.54) is 11.3 Å². The largest absolute Gasteiger partial charge is 0.481 e. The zero-order valence-corrected chi connectivity index (χ0v) is 14.5. The Kier molecular flexibility index (Phi) is 4.89. The third-order valence-corrected chi connectivity index (χ3v) is 6.07. The molecule has 0 radical (unpaired) electrons. The second-order valence-electron chi connectivity index (χ2n) is 6.32. The van der Waals surface area contributed by atoms with E-state index in [1.54, 1.807) is 6.07 Å². The van der Waals surface area contributed by atoms with Gasteiger partial charge in [-0.3, -0.25) is 4.79 Å². The molecule has 0 spiro atoms. The summed E-state index contributed by atoms with van der Waals surface area (Å²) < 4.78 is 39.7. The lowest BCUT2D eigenvalue weighted by molar-refractivity contribution is -0.187. The number of aliphatic carboxylic acids is 1. The van der Waals surface area contributed by atoms with E-state index < -0.39 is 43.1 Å². The van der Waals surface area contributed by atoms with Gasteiger partial charge in [-0.15, -0.1) is 11.3 Å². The molecule has 0 saturated carbocycles. The van der Waals surface area contributed by atoms with E-state index >= 15 is 0 Å². The van der Waals surface area contributed by atoms with Crippen LogP contribution in [0.4, 0.5) is 18.0 Å². The van der Waals surface area contributed by atoms with Crippen LogP contribution in [0.3, 0.4) is 0 Å². The highest BCUT2D eigenvalue weighted by molar-refractivity contribution is 7.16. The quantitative estimate of drug-likeness (QED) is 0.801. The SMILES string of the molecule is O=C(O)[C@@H]1CN(C(=O)NC2CCCc3sc(Cl)cc32)C[C@H]1C(F)(F)F. The summed E-state index contributed by atoms with van der Waals surface area (Å²) in [5.41, 5.74) is 0.899. The third-order valence-electron chi connectivity index (χ3n) is 4.73. The number of nitrogens with one attached hydrogen (secondary N) is 1. The van der Waals surface area contributed by atoms with E-state index in [-0.39, 0.29) is 6.04 Å². The standard InChI is InChI=1S/C15H16ClF3N2O3S/c16-12-4-7-10(2-1-3-11(7)25-12)20-14(24)21-5-8(13(22)23)9(6-21)15(17,18)19/h4,8-10H,1-3,5-6H2,(H,20,24)(H,22,23)/t8-,9-,10?/m1/s1. The minimum absolute atomic E-state index is 0.312. The van der Waals surface area contributed by atoms with E-state index in [0.717, 1.165) is 28.2 Å². The number of hydrogen-bond acceptors (Lipinski definition) is 3. The molecule has 10 heteroatoms. The van der Waals surface area contributed by atoms with Gasteiger partial charge in [0, 0.05) is 18.0 Å². The molecule has 3 atom stereocenters. The van der Waals surface area contributed by atoms with Gasteiger partial charge >= 0.3 is 18.2 Å². The van der Waals surface area contributed by atoms with Crippen molar-refractivity contribution in [2.75, 3.05) is 13.1 Å². The molecule has 1 saturated heterocycles. The first-order valence-corrected chi connectivity index (χ1v) is 8.99. The fraction of sp³-hybridized carbons (Fsp3) is 0.600. The Morgan fingerprint density at radius 3 is 2.68 bits per heavy atom. The molecule has 1 aliphatic carbocycles. The Labute approximate surface area is 150 Å². The van der Waals surface area contributed by atoms with Crippen molar-refractivity contribution in [1.82, 2.24) is 10.2 Å². The number of likely N-dealkylation sites (tertiary alicyclic amines) is 1. The lowest BCUT2D eigenvalue weighted by Crippen LogP contribution is -2.41. The van der Waals surface area contributed by atoms with Crippen molar-refractivity contribution in [2.45, 2.75) is 31.5 Å². The molecule has 2 heterocycles. The van der Waals surface area contributed by atoms with Crippen LogP contribution in [0.15, 0.2) is 6.07 Å². The summed E-state index contributed by atoms with van der Waals surface area (Å²) in [6, 6.07) is 0.792. The van der Waals surface area contributed by atoms with Gasteiger partial charge in [0.1, 0.15) is 0 Å². The molecule has 1 aromatic heterocycles. The van der Waals surface area contributed by atoms with Gasteiger partial charge in [0.2, 0.25) is 0 Å². The number of aryl methyl sites for hydroxylation is 1. The fourth-order valence-corrected chi connectivity index (χ4v) is 4.85. The van der Waals surface area contributed by atoms with Gasteiger partial charge in [-0.05, 0) is 30.9 Å². The van der Waals surface area contributed by atoms with Crippen LogP contribution in [0.2, 0.25) is 4.34 Å². The van der Waals surface area contributed by atoms with Gasteiger partial charge in [0.15, 0.2) is 0 Å². The van der Waals surface area contributed by atoms with Crippen molar-refractivity contribution in [3.63, 3.8) is 0 Å². The highest BCUT2D eigenvalue weighted by Crippen LogP contribution is 2.40. The van der Waals surface area contributed by atoms with Gasteiger partial charge in [-0.1, -0.05) is 11.6 Å². The molecule has 1 aliphatic heterocycles. The molecular weight excluding hydrogens is 381 g/mol. The van der Waals surface area contributed by atoms with Gasteiger partial charge in [-0.25, -0.2) is 4.79 Å². The average molecular weight is 397 g/mol. The van der Waals surface area contributed by atoms with Gasteiger partial charge in [0.05, 0.1) is 22.2 Å². The molecule has 1 aromatic rings. The highest BCUT2D eigenvalue weighted by Gasteiger charge is 2.53. The summed E-state index contributed by atoms with van der Waals surface area (Å²) in [5.74, 6) is -5.22. The van der Waals surface area contributed by atoms with Crippen LogP contribution in [0.5, 0.6) is 0 Å². The van der Waals surface area contributed by atoms with E-state index in [4.69, 9.17) is 16.7 Å². The van der Waals surface area contributed by atoms with Crippen molar-refractivity contribution in [2.24, 2.45) is 11.8 Å². The number of nitrogens with zero attached hydrogens (tertiary/aromatic N) is 1. The zero-order chi connectivity index (χ0) is 18.4. The van der Waals surface area contributed by atoms with Crippen molar-refractivity contribution >= 4 is 34.9 Å². The average Bonchev–Trinajstić information content (AvgIpc) is 3.10. The fourth-order valence-electron chi connectivity index (χ4n) is 3.46. The van der Waals surface area contributed by atoms with E-state index in [0.29, 0.717) is 10.8 Å². The maximum absolute atomic E-state index is 13.0. The smallest absolute Gasteiger partial charge is 0.394 e. The number of carbonyl (C=O) groups excluding carboxylic acids is 1. The Morgan fingerprint density at radius 1 is 1.36 bits per heavy atom. The number of carboxylic acids is 1. The molecule has 2 amide bonds. The summed E-state index contributed by atoms with van der Waals surface area (Å²) in [6.45, 7) is -1.09. The Balaban J connectivity index is 1.71. The molecule has 2 aliphatic rings. The second-order valence-corrected chi connectivity index (χ2v) is 8.09. The monoisotopic (exact) mass is 396 g/mol. The van der Waals surface area contributed by atoms with E-state index in [9.17, 15) is 22.8 Å². The summed E-state index contributed by atoms with van der Waals surface area (Å²) in [5, 5.41) is 11.8. The Morgan fingerprint density at radius 2 is 2.08 bits per heavy atom. The number of amides is 2.